The van der Waals surface area contributed by atoms with Crippen molar-refractivity contribution in [2.75, 3.05) is 5.75 Å². The molecule has 2 aromatic carbocycles. The molecule has 0 amide bonds. The molecule has 1 aliphatic heterocycles. The highest BCUT2D eigenvalue weighted by molar-refractivity contribution is 8.32. The molecule has 1 aliphatic rings. The van der Waals surface area contributed by atoms with Gasteiger partial charge < -0.3 is 0 Å². The minimum atomic E-state index is -2.52. The van der Waals surface area contributed by atoms with Crippen LogP contribution < -0.4 is 10.4 Å². The molecule has 1 heterocycles. The summed E-state index contributed by atoms with van der Waals surface area (Å²) in [7, 11) is -12.5. The van der Waals surface area contributed by atoms with Crippen LogP contribution in [0.25, 0.3) is 0 Å². The van der Waals surface area contributed by atoms with Gasteiger partial charge >= 0.3 is 0 Å². The Bertz CT molecular complexity index is 1620. The minimum Gasteiger partial charge on any atom is -0.169 e. The fourth-order valence-electron chi connectivity index (χ4n) is 12.4. The zero-order valence-corrected chi connectivity index (χ0v) is 49.9. The van der Waals surface area contributed by atoms with E-state index in [1.807, 2.05) is 21.5 Å². The maximum atomic E-state index is 3.01. The van der Waals surface area contributed by atoms with Crippen LogP contribution in [0.5, 0.6) is 0 Å². The van der Waals surface area contributed by atoms with Crippen LogP contribution in [0.4, 0.5) is 0 Å². The van der Waals surface area contributed by atoms with Gasteiger partial charge in [-0.3, -0.25) is 0 Å². The summed E-state index contributed by atoms with van der Waals surface area (Å²) in [4.78, 5) is 0. The molecule has 0 nitrogen and oxygen atoms in total. The zero-order chi connectivity index (χ0) is 43.7. The van der Waals surface area contributed by atoms with Crippen LogP contribution in [0.2, 0.25) is 124 Å². The van der Waals surface area contributed by atoms with Crippen molar-refractivity contribution < 1.29 is 0 Å². The smallest absolute Gasteiger partial charge is 0.169 e. The fourth-order valence-corrected chi connectivity index (χ4v) is 61.5. The van der Waals surface area contributed by atoms with E-state index < -0.39 is 55.7 Å². The van der Waals surface area contributed by atoms with Gasteiger partial charge in [0.2, 0.25) is 0 Å². The predicted molar refractivity (Wildman–Crippen MR) is 284 cm³/mol. The van der Waals surface area contributed by atoms with Crippen LogP contribution >= 0.6 is 11.2 Å². The van der Waals surface area contributed by atoms with E-state index in [9.17, 15) is 0 Å². The lowest BCUT2D eigenvalue weighted by Crippen LogP contribution is -2.65. The molecule has 0 saturated heterocycles. The van der Waals surface area contributed by atoms with Crippen molar-refractivity contribution in [1.29, 1.82) is 0 Å². The fraction of sp³-hybridized carbons (Fsp3) is 0.708. The molecule has 0 saturated carbocycles. The van der Waals surface area contributed by atoms with Crippen molar-refractivity contribution in [3.8, 4) is 0 Å². The second kappa shape index (κ2) is 17.1. The van der Waals surface area contributed by atoms with E-state index in [0.717, 1.165) is 5.16 Å². The lowest BCUT2D eigenvalue weighted by atomic mass is 9.89. The lowest BCUT2D eigenvalue weighted by molar-refractivity contribution is 0.812. The Morgan fingerprint density at radius 1 is 0.411 bits per heavy atom. The van der Waals surface area contributed by atoms with Crippen molar-refractivity contribution in [2.24, 2.45) is 0 Å². The standard InChI is InChI=1S/C48H92SSi7/c1-33(2)38-27-40(34(3)4)44(41(28-38)35(5)6)56(32-37(8)36(7)31-49-56)45-42(47(52(15,16)17)53(18,19)20)29-39(46(50(9,10)11)51(12,13)14)30-43(45)48(54(21,22)23)55(24,25)26/h27-30,33-35,46-48H,31-32H2,1-26H3. The van der Waals surface area contributed by atoms with E-state index in [2.05, 4.69) is 209 Å². The summed E-state index contributed by atoms with van der Waals surface area (Å²) in [6, 6.07) is 12.7. The molecule has 2 aromatic rings. The van der Waals surface area contributed by atoms with Gasteiger partial charge in [-0.2, -0.15) is 11.2 Å². The molecule has 318 valence electrons. The normalized spacial score (nSPS) is 18.6. The number of hydrogen-bond donors (Lipinski definition) is 0. The van der Waals surface area contributed by atoms with Gasteiger partial charge in [0.15, 0.2) is 7.22 Å². The Morgan fingerprint density at radius 2 is 0.714 bits per heavy atom. The lowest BCUT2D eigenvalue weighted by Gasteiger charge is -2.50. The van der Waals surface area contributed by atoms with Crippen molar-refractivity contribution in [1.82, 2.24) is 0 Å². The summed E-state index contributed by atoms with van der Waals surface area (Å²) >= 11 is 2.50. The molecule has 1 atom stereocenters. The summed E-state index contributed by atoms with van der Waals surface area (Å²) in [6.07, 6.45) is 0. The Hall–Kier alpha value is 0.0482. The Morgan fingerprint density at radius 3 is 0.982 bits per heavy atom. The first-order chi connectivity index (χ1) is 24.9. The summed E-state index contributed by atoms with van der Waals surface area (Å²) in [5.41, 5.74) is 13.8. The largest absolute Gasteiger partial charge is 0.183 e. The average Bonchev–Trinajstić information content (AvgIpc) is 2.93. The first-order valence-corrected chi connectivity index (χ1v) is 47.9. The minimum absolute atomic E-state index is 0.488. The molecule has 0 aliphatic carbocycles. The number of allylic oxidation sites excluding steroid dienone is 1. The molecule has 0 N–H and O–H groups in total. The van der Waals surface area contributed by atoms with Crippen molar-refractivity contribution in [3.63, 3.8) is 0 Å². The molecule has 56 heavy (non-hydrogen) atoms. The molecule has 1 unspecified atom stereocenters. The van der Waals surface area contributed by atoms with E-state index in [-0.39, 0.29) is 0 Å². The first kappa shape index (κ1) is 50.4. The second-order valence-corrected chi connectivity index (χ2v) is 66.1. The first-order valence-electron chi connectivity index (χ1n) is 22.5. The Labute approximate surface area is 361 Å². The molecule has 0 bridgehead atoms. The third kappa shape index (κ3) is 10.7. The summed E-state index contributed by atoms with van der Waals surface area (Å²) in [6.45, 7) is 69.2. The van der Waals surface area contributed by atoms with Crippen LogP contribution in [-0.4, -0.2) is 61.4 Å². The van der Waals surface area contributed by atoms with Gasteiger partial charge in [0.25, 0.3) is 0 Å². The van der Waals surface area contributed by atoms with E-state index >= 15 is 0 Å². The van der Waals surface area contributed by atoms with Crippen LogP contribution in [0.15, 0.2) is 35.4 Å². The molecule has 0 radical (unpaired) electrons. The van der Waals surface area contributed by atoms with Gasteiger partial charge in [-0.15, -0.1) is 0 Å². The van der Waals surface area contributed by atoms with E-state index in [4.69, 9.17) is 0 Å². The van der Waals surface area contributed by atoms with E-state index in [1.54, 1.807) is 33.4 Å². The van der Waals surface area contributed by atoms with Crippen LogP contribution in [0, 0.1) is 0 Å². The number of rotatable bonds is 14. The quantitative estimate of drug-likeness (QED) is 0.134. The van der Waals surface area contributed by atoms with Crippen LogP contribution in [0.1, 0.15) is 122 Å². The highest BCUT2D eigenvalue weighted by Gasteiger charge is 2.54. The SMILES string of the molecule is CC1=C(C)C[Si](c2c(C(C)C)cc(C(C)C)cc2C(C)C)(c2c(C([Si](C)(C)C)[Si](C)(C)C)cc(C([Si](C)(C)C)[Si](C)(C)C)cc2C([Si](C)(C)C)[Si](C)(C)C)SC1. The highest BCUT2D eigenvalue weighted by atomic mass is 32.4. The van der Waals surface area contributed by atoms with E-state index in [1.165, 1.54) is 11.8 Å². The van der Waals surface area contributed by atoms with Gasteiger partial charge in [0.1, 0.15) is 0 Å². The highest BCUT2D eigenvalue weighted by Crippen LogP contribution is 2.49. The van der Waals surface area contributed by atoms with Crippen LogP contribution in [0.3, 0.4) is 0 Å². The summed E-state index contributed by atoms with van der Waals surface area (Å²) in [5, 5.41) is 5.95. The topological polar surface area (TPSA) is 0 Å². The maximum Gasteiger partial charge on any atom is 0.183 e. The van der Waals surface area contributed by atoms with Gasteiger partial charge in [-0.1, -0.05) is 195 Å². The molecule has 3 rings (SSSR count). The van der Waals surface area contributed by atoms with Gasteiger partial charge in [-0.25, -0.2) is 0 Å². The van der Waals surface area contributed by atoms with Crippen LogP contribution in [-0.2, 0) is 0 Å². The molecular formula is C48H92SSi7. The second-order valence-electron chi connectivity index (χ2n) is 26.0. The van der Waals surface area contributed by atoms with Crippen molar-refractivity contribution in [2.45, 2.75) is 213 Å². The molecule has 0 spiro atoms. The van der Waals surface area contributed by atoms with Gasteiger partial charge in [0.05, 0.1) is 0 Å². The monoisotopic (exact) mass is 897 g/mol. The zero-order valence-electron chi connectivity index (χ0n) is 42.1. The summed E-state index contributed by atoms with van der Waals surface area (Å²) in [5.74, 6) is 2.68. The Kier molecular flexibility index (Phi) is 15.4. The predicted octanol–water partition coefficient (Wildman–Crippen LogP) is 15.7. The van der Waals surface area contributed by atoms with E-state index in [0.29, 0.717) is 28.1 Å². The molecule has 0 fully saturated rings. The van der Waals surface area contributed by atoms with Crippen molar-refractivity contribution in [3.05, 3.63) is 68.8 Å². The third-order valence-corrected chi connectivity index (χ3v) is 49.4. The Balaban J connectivity index is 3.05. The third-order valence-electron chi connectivity index (χ3n) is 13.1. The summed E-state index contributed by atoms with van der Waals surface area (Å²) < 4.78 is 0. The molecule has 8 heteroatoms. The maximum absolute atomic E-state index is 3.01. The van der Waals surface area contributed by atoms with Gasteiger partial charge in [0, 0.05) is 54.2 Å². The van der Waals surface area contributed by atoms with Gasteiger partial charge in [-0.05, 0) is 96.9 Å². The number of benzene rings is 2. The van der Waals surface area contributed by atoms with Crippen molar-refractivity contribution >= 4 is 77.3 Å². The average molecular weight is 898 g/mol. The number of hydrogen-bond acceptors (Lipinski definition) is 1. The molecule has 0 aromatic heterocycles. The molecular weight excluding hydrogens is 805 g/mol.